The lowest BCUT2D eigenvalue weighted by molar-refractivity contribution is 0.792. The van der Waals surface area contributed by atoms with Gasteiger partial charge in [0.2, 0.25) is 0 Å². The first-order valence-corrected chi connectivity index (χ1v) is 23.2. The fourth-order valence-electron chi connectivity index (χ4n) is 11.7. The van der Waals surface area contributed by atoms with Gasteiger partial charge in [0.1, 0.15) is 0 Å². The maximum absolute atomic E-state index is 2.49. The minimum atomic E-state index is -0.400. The molecule has 0 fully saturated rings. The van der Waals surface area contributed by atoms with Gasteiger partial charge in [0.25, 0.3) is 0 Å². The molecule has 2 heteroatoms. The summed E-state index contributed by atoms with van der Waals surface area (Å²) in [6, 6.07) is 94.2. The van der Waals surface area contributed by atoms with Crippen molar-refractivity contribution in [3.8, 4) is 50.2 Å². The van der Waals surface area contributed by atoms with Crippen molar-refractivity contribution in [3.05, 3.63) is 277 Å². The summed E-state index contributed by atoms with van der Waals surface area (Å²) in [5.41, 5.74) is 22.0. The van der Waals surface area contributed by atoms with Gasteiger partial charge in [0.05, 0.1) is 16.4 Å². The maximum Gasteiger partial charge on any atom is 0.0726 e. The molecule has 0 saturated carbocycles. The van der Waals surface area contributed by atoms with Gasteiger partial charge < -0.3 is 9.47 Å². The Morgan fingerprint density at radius 3 is 1.45 bits per heavy atom. The van der Waals surface area contributed by atoms with Crippen molar-refractivity contribution in [2.75, 3.05) is 4.90 Å². The minimum absolute atomic E-state index is 0.400. The van der Waals surface area contributed by atoms with Crippen molar-refractivity contribution in [2.45, 2.75) is 5.41 Å². The average molecular weight is 851 g/mol. The van der Waals surface area contributed by atoms with Gasteiger partial charge in [-0.3, -0.25) is 0 Å². The first kappa shape index (κ1) is 37.6. The van der Waals surface area contributed by atoms with E-state index in [1.165, 1.54) is 105 Å². The predicted molar refractivity (Wildman–Crippen MR) is 280 cm³/mol. The SMILES string of the molecule is c1ccc(-c2ccc(N(c3ccc(-c4ccc5c(c4)c4ccccc4n5-c4ccc5c(c4)C4(c6ccccc6-c6ccccc64)c4ccccc4-5)cc3)c3ccc4ccccc4c3)cc2)cc1. The molecule has 0 unspecified atom stereocenters. The molecule has 12 aromatic rings. The van der Waals surface area contributed by atoms with Gasteiger partial charge in [-0.2, -0.15) is 0 Å². The minimum Gasteiger partial charge on any atom is -0.310 e. The fourth-order valence-corrected chi connectivity index (χ4v) is 11.7. The van der Waals surface area contributed by atoms with Crippen LogP contribution in [0.2, 0.25) is 0 Å². The highest BCUT2D eigenvalue weighted by Gasteiger charge is 2.51. The summed E-state index contributed by atoms with van der Waals surface area (Å²) < 4.78 is 2.48. The monoisotopic (exact) mass is 850 g/mol. The Bertz CT molecular complexity index is 3850. The third kappa shape index (κ3) is 5.57. The van der Waals surface area contributed by atoms with E-state index < -0.39 is 5.41 Å². The van der Waals surface area contributed by atoms with Crippen LogP contribution in [0, 0.1) is 0 Å². The van der Waals surface area contributed by atoms with Crippen LogP contribution in [-0.2, 0) is 5.41 Å². The molecule has 1 aromatic heterocycles. The molecule has 11 aromatic carbocycles. The van der Waals surface area contributed by atoms with Crippen LogP contribution >= 0.6 is 0 Å². The van der Waals surface area contributed by atoms with E-state index in [1.807, 2.05) is 0 Å². The summed E-state index contributed by atoms with van der Waals surface area (Å²) >= 11 is 0. The van der Waals surface area contributed by atoms with Crippen LogP contribution in [-0.4, -0.2) is 4.57 Å². The van der Waals surface area contributed by atoms with Crippen molar-refractivity contribution >= 4 is 49.6 Å². The smallest absolute Gasteiger partial charge is 0.0726 e. The molecule has 0 saturated heterocycles. The number of anilines is 3. The molecule has 2 aliphatic carbocycles. The molecular formula is C65H42N2. The molecular weight excluding hydrogens is 809 g/mol. The summed E-state index contributed by atoms with van der Waals surface area (Å²) in [5.74, 6) is 0. The van der Waals surface area contributed by atoms with Crippen LogP contribution in [0.15, 0.2) is 255 Å². The summed E-state index contributed by atoms with van der Waals surface area (Å²) in [7, 11) is 0. The summed E-state index contributed by atoms with van der Waals surface area (Å²) in [4.78, 5) is 2.36. The predicted octanol–water partition coefficient (Wildman–Crippen LogP) is 17.1. The van der Waals surface area contributed by atoms with Crippen LogP contribution in [0.25, 0.3) is 82.8 Å². The highest BCUT2D eigenvalue weighted by Crippen LogP contribution is 2.63. The molecule has 0 bridgehead atoms. The van der Waals surface area contributed by atoms with Crippen molar-refractivity contribution in [1.82, 2.24) is 4.57 Å². The molecule has 2 aliphatic rings. The molecule has 1 spiro atoms. The number of para-hydroxylation sites is 1. The van der Waals surface area contributed by atoms with Gasteiger partial charge in [-0.1, -0.05) is 188 Å². The number of hydrogen-bond donors (Lipinski definition) is 0. The van der Waals surface area contributed by atoms with Crippen molar-refractivity contribution in [3.63, 3.8) is 0 Å². The second-order valence-electron chi connectivity index (χ2n) is 18.0. The van der Waals surface area contributed by atoms with Gasteiger partial charge in [-0.15, -0.1) is 0 Å². The largest absolute Gasteiger partial charge is 0.310 e. The van der Waals surface area contributed by atoms with Crippen molar-refractivity contribution in [1.29, 1.82) is 0 Å². The van der Waals surface area contributed by atoms with E-state index in [4.69, 9.17) is 0 Å². The first-order chi connectivity index (χ1) is 33.2. The standard InChI is InChI=1S/C65H42N2/c1-2-14-43(15-3-1)45-26-32-49(33-27-45)66(51-36-30-44-16-4-5-17-47(44)40-51)50-34-28-46(29-35-50)48-31-39-64-58(41-48)57-21-9-13-25-63(57)67(64)52-37-38-56-55-20-8-12-24-61(55)65(62(56)42-52)59-22-10-6-18-53(59)54-19-7-11-23-60(54)65/h1-42H. The zero-order valence-electron chi connectivity index (χ0n) is 36.6. The molecule has 0 amide bonds. The van der Waals surface area contributed by atoms with Gasteiger partial charge in [-0.25, -0.2) is 0 Å². The van der Waals surface area contributed by atoms with Crippen LogP contribution in [0.4, 0.5) is 17.1 Å². The number of benzene rings is 11. The zero-order valence-corrected chi connectivity index (χ0v) is 36.6. The fraction of sp³-hybridized carbons (Fsp3) is 0.0154. The molecule has 14 rings (SSSR count). The van der Waals surface area contributed by atoms with E-state index in [1.54, 1.807) is 0 Å². The summed E-state index contributed by atoms with van der Waals surface area (Å²) in [5, 5.41) is 4.93. The Labute approximate surface area is 389 Å². The lowest BCUT2D eigenvalue weighted by Gasteiger charge is -2.30. The second kappa shape index (κ2) is 14.7. The Morgan fingerprint density at radius 2 is 0.776 bits per heavy atom. The van der Waals surface area contributed by atoms with Crippen molar-refractivity contribution in [2.24, 2.45) is 0 Å². The Kier molecular flexibility index (Phi) is 8.23. The van der Waals surface area contributed by atoms with E-state index in [0.29, 0.717) is 0 Å². The van der Waals surface area contributed by atoms with E-state index >= 15 is 0 Å². The maximum atomic E-state index is 2.49. The molecule has 67 heavy (non-hydrogen) atoms. The van der Waals surface area contributed by atoms with Gasteiger partial charge in [0, 0.05) is 33.5 Å². The molecule has 1 heterocycles. The van der Waals surface area contributed by atoms with Gasteiger partial charge >= 0.3 is 0 Å². The Balaban J connectivity index is 0.879. The van der Waals surface area contributed by atoms with Crippen LogP contribution < -0.4 is 4.90 Å². The third-order valence-corrected chi connectivity index (χ3v) is 14.6. The van der Waals surface area contributed by atoms with Crippen molar-refractivity contribution < 1.29 is 0 Å². The molecule has 0 radical (unpaired) electrons. The lowest BCUT2D eigenvalue weighted by Crippen LogP contribution is -2.26. The first-order valence-electron chi connectivity index (χ1n) is 23.2. The number of aromatic nitrogens is 1. The van der Waals surface area contributed by atoms with Crippen LogP contribution in [0.3, 0.4) is 0 Å². The zero-order chi connectivity index (χ0) is 44.1. The molecule has 312 valence electrons. The van der Waals surface area contributed by atoms with Crippen LogP contribution in [0.5, 0.6) is 0 Å². The summed E-state index contributed by atoms with van der Waals surface area (Å²) in [6.07, 6.45) is 0. The Hall–Kier alpha value is -8.72. The topological polar surface area (TPSA) is 8.17 Å². The second-order valence-corrected chi connectivity index (χ2v) is 18.0. The Morgan fingerprint density at radius 1 is 0.284 bits per heavy atom. The highest BCUT2D eigenvalue weighted by molar-refractivity contribution is 6.11. The van der Waals surface area contributed by atoms with Gasteiger partial charge in [-0.05, 0) is 144 Å². The third-order valence-electron chi connectivity index (χ3n) is 14.6. The number of nitrogens with zero attached hydrogens (tertiary/aromatic N) is 2. The molecule has 0 N–H and O–H groups in total. The molecule has 2 nitrogen and oxygen atoms in total. The number of fused-ring (bicyclic) bond motifs is 14. The normalized spacial score (nSPS) is 12.9. The lowest BCUT2D eigenvalue weighted by atomic mass is 9.70. The number of rotatable bonds is 6. The molecule has 0 atom stereocenters. The van der Waals surface area contributed by atoms with E-state index in [0.717, 1.165) is 17.1 Å². The number of hydrogen-bond acceptors (Lipinski definition) is 1. The van der Waals surface area contributed by atoms with E-state index in [-0.39, 0.29) is 0 Å². The van der Waals surface area contributed by atoms with E-state index in [9.17, 15) is 0 Å². The quantitative estimate of drug-likeness (QED) is 0.162. The van der Waals surface area contributed by atoms with E-state index in [2.05, 4.69) is 264 Å². The molecule has 0 aliphatic heterocycles. The van der Waals surface area contributed by atoms with Gasteiger partial charge in [0.15, 0.2) is 0 Å². The average Bonchev–Trinajstić information content (AvgIpc) is 4.01. The highest BCUT2D eigenvalue weighted by atomic mass is 15.1. The summed E-state index contributed by atoms with van der Waals surface area (Å²) in [6.45, 7) is 0. The van der Waals surface area contributed by atoms with Crippen LogP contribution in [0.1, 0.15) is 22.3 Å².